The van der Waals surface area contributed by atoms with Crippen molar-refractivity contribution in [3.05, 3.63) is 59.9 Å². The van der Waals surface area contributed by atoms with E-state index in [-0.39, 0.29) is 18.4 Å². The Labute approximate surface area is 176 Å². The van der Waals surface area contributed by atoms with Gasteiger partial charge in [0.2, 0.25) is 0 Å². The average molecular weight is 413 g/mol. The summed E-state index contributed by atoms with van der Waals surface area (Å²) < 4.78 is 16.8. The van der Waals surface area contributed by atoms with E-state index in [2.05, 4.69) is 6.08 Å². The molecule has 4 rings (SSSR count). The van der Waals surface area contributed by atoms with Crippen LogP contribution in [0.15, 0.2) is 59.9 Å². The first-order valence-electron chi connectivity index (χ1n) is 10.6. The maximum Gasteiger partial charge on any atom is 0.326 e. The number of rotatable bonds is 7. The fourth-order valence-corrected chi connectivity index (χ4v) is 4.35. The second-order valence-electron chi connectivity index (χ2n) is 8.09. The van der Waals surface area contributed by atoms with Gasteiger partial charge in [0, 0.05) is 6.08 Å². The summed E-state index contributed by atoms with van der Waals surface area (Å²) >= 11 is 0. The Bertz CT molecular complexity index is 844. The van der Waals surface area contributed by atoms with Gasteiger partial charge in [-0.05, 0) is 30.8 Å². The van der Waals surface area contributed by atoms with Crippen molar-refractivity contribution < 1.29 is 28.9 Å². The zero-order chi connectivity index (χ0) is 20.9. The summed E-state index contributed by atoms with van der Waals surface area (Å²) in [7, 11) is 0. The summed E-state index contributed by atoms with van der Waals surface area (Å²) in [5, 5.41) is 9.71. The van der Waals surface area contributed by atoms with Crippen LogP contribution in [0, 0.1) is 5.92 Å². The second kappa shape index (κ2) is 9.24. The molecule has 1 N–H and O–H groups in total. The number of ether oxygens (including phenoxy) is 3. The van der Waals surface area contributed by atoms with Gasteiger partial charge in [-0.2, -0.15) is 0 Å². The lowest BCUT2D eigenvalue weighted by Crippen LogP contribution is -2.44. The summed E-state index contributed by atoms with van der Waals surface area (Å²) in [6.45, 7) is 0.107. The monoisotopic (exact) mass is 413 g/mol. The van der Waals surface area contributed by atoms with Crippen LogP contribution >= 0.6 is 0 Å². The molecule has 4 aliphatic rings. The molecular formula is C23H27NO6. The van der Waals surface area contributed by atoms with E-state index in [0.29, 0.717) is 23.9 Å². The lowest BCUT2D eigenvalue weighted by atomic mass is 9.84. The Morgan fingerprint density at radius 1 is 1.23 bits per heavy atom. The Balaban J connectivity index is 1.33. The molecule has 0 spiro atoms. The van der Waals surface area contributed by atoms with E-state index < -0.39 is 12.0 Å². The Hall–Kier alpha value is -2.96. The fourth-order valence-electron chi connectivity index (χ4n) is 4.35. The summed E-state index contributed by atoms with van der Waals surface area (Å²) in [5.41, 5.74) is 1.04. The normalized spacial score (nSPS) is 22.9. The maximum absolute atomic E-state index is 12.5. The van der Waals surface area contributed by atoms with Gasteiger partial charge < -0.3 is 24.2 Å². The Morgan fingerprint density at radius 3 is 2.73 bits per heavy atom. The third kappa shape index (κ3) is 4.78. The first-order valence-corrected chi connectivity index (χ1v) is 10.6. The molecule has 0 unspecified atom stereocenters. The first kappa shape index (κ1) is 20.3. The number of carboxylic acids is 1. The summed E-state index contributed by atoms with van der Waals surface area (Å²) in [5.74, 6) is 0.127. The largest absolute Gasteiger partial charge is 0.480 e. The number of allylic oxidation sites excluding steroid dienone is 4. The number of nitrogens with zero attached hydrogens (tertiary/aromatic N) is 1. The SMILES string of the molecule is O=C(O)[C@H](CC1CCCCC1)N1CC(OC2=COC(C3=CC=CCC3)=CO2)=CC1=O. The van der Waals surface area contributed by atoms with Crippen molar-refractivity contribution in [1.29, 1.82) is 0 Å². The maximum atomic E-state index is 12.5. The van der Waals surface area contributed by atoms with E-state index >= 15 is 0 Å². The number of carboxylic acid groups (broad SMARTS) is 1. The topological polar surface area (TPSA) is 85.3 Å². The van der Waals surface area contributed by atoms with Gasteiger partial charge in [0.15, 0.2) is 12.0 Å². The van der Waals surface area contributed by atoms with Crippen molar-refractivity contribution in [3.8, 4) is 0 Å². The van der Waals surface area contributed by atoms with E-state index in [1.54, 1.807) is 0 Å². The molecule has 1 amide bonds. The van der Waals surface area contributed by atoms with Gasteiger partial charge in [-0.3, -0.25) is 4.79 Å². The summed E-state index contributed by atoms with van der Waals surface area (Å²) in [6, 6.07) is -0.840. The van der Waals surface area contributed by atoms with Gasteiger partial charge >= 0.3 is 11.9 Å². The molecule has 0 bridgehead atoms. The predicted molar refractivity (Wildman–Crippen MR) is 108 cm³/mol. The number of carbonyl (C=O) groups is 2. The number of aliphatic carboxylic acids is 1. The highest BCUT2D eigenvalue weighted by Crippen LogP contribution is 2.31. The molecule has 0 aromatic rings. The van der Waals surface area contributed by atoms with Gasteiger partial charge in [0.25, 0.3) is 5.91 Å². The third-order valence-corrected chi connectivity index (χ3v) is 5.96. The summed E-state index contributed by atoms with van der Waals surface area (Å²) in [4.78, 5) is 25.7. The van der Waals surface area contributed by atoms with Gasteiger partial charge in [-0.15, -0.1) is 0 Å². The molecule has 1 fully saturated rings. The molecular weight excluding hydrogens is 386 g/mol. The molecule has 0 aromatic carbocycles. The molecule has 1 atom stereocenters. The molecule has 30 heavy (non-hydrogen) atoms. The lowest BCUT2D eigenvalue weighted by Gasteiger charge is -2.30. The van der Waals surface area contributed by atoms with Crippen LogP contribution in [0.2, 0.25) is 0 Å². The molecule has 160 valence electrons. The highest BCUT2D eigenvalue weighted by atomic mass is 16.7. The highest BCUT2D eigenvalue weighted by molar-refractivity contribution is 5.94. The zero-order valence-corrected chi connectivity index (χ0v) is 16.9. The lowest BCUT2D eigenvalue weighted by molar-refractivity contribution is -0.148. The summed E-state index contributed by atoms with van der Waals surface area (Å²) in [6.07, 6.45) is 18.1. The number of amides is 1. The molecule has 1 saturated carbocycles. The molecule has 0 aromatic heterocycles. The highest BCUT2D eigenvalue weighted by Gasteiger charge is 2.36. The molecule has 0 saturated heterocycles. The smallest absolute Gasteiger partial charge is 0.326 e. The molecule has 0 radical (unpaired) electrons. The van der Waals surface area contributed by atoms with Crippen LogP contribution in [0.5, 0.6) is 0 Å². The van der Waals surface area contributed by atoms with Crippen molar-refractivity contribution >= 4 is 11.9 Å². The van der Waals surface area contributed by atoms with Crippen molar-refractivity contribution in [2.24, 2.45) is 5.92 Å². The van der Waals surface area contributed by atoms with Crippen LogP contribution in [0.4, 0.5) is 0 Å². The first-order chi connectivity index (χ1) is 14.6. The van der Waals surface area contributed by atoms with Crippen molar-refractivity contribution in [2.75, 3.05) is 6.54 Å². The third-order valence-electron chi connectivity index (χ3n) is 5.96. The van der Waals surface area contributed by atoms with Gasteiger partial charge in [0.05, 0.1) is 6.54 Å². The van der Waals surface area contributed by atoms with Crippen molar-refractivity contribution in [2.45, 2.75) is 57.4 Å². The standard InChI is InChI=1S/C23H27NO6/c25-21-12-18(13-24(21)19(23(26)27)11-16-7-3-1-4-8-16)30-22-15-28-20(14-29-22)17-9-5-2-6-10-17/h2,5,9,12,14-16,19H,1,3-4,6-8,10-11,13H2,(H,26,27)/t19-/m0/s1. The van der Waals surface area contributed by atoms with Crippen LogP contribution in [0.1, 0.15) is 51.4 Å². The molecule has 2 aliphatic heterocycles. The Kier molecular flexibility index (Phi) is 6.26. The zero-order valence-electron chi connectivity index (χ0n) is 16.9. The Morgan fingerprint density at radius 2 is 2.07 bits per heavy atom. The molecule has 7 heteroatoms. The van der Waals surface area contributed by atoms with E-state index in [0.717, 1.165) is 44.1 Å². The second-order valence-corrected chi connectivity index (χ2v) is 8.09. The van der Waals surface area contributed by atoms with E-state index in [9.17, 15) is 14.7 Å². The van der Waals surface area contributed by atoms with Crippen LogP contribution in [0.3, 0.4) is 0 Å². The van der Waals surface area contributed by atoms with Gasteiger partial charge in [0.1, 0.15) is 18.1 Å². The van der Waals surface area contributed by atoms with Gasteiger partial charge in [-0.25, -0.2) is 4.79 Å². The van der Waals surface area contributed by atoms with Crippen molar-refractivity contribution in [3.63, 3.8) is 0 Å². The minimum Gasteiger partial charge on any atom is -0.480 e. The predicted octanol–water partition coefficient (Wildman–Crippen LogP) is 4.12. The van der Waals surface area contributed by atoms with Crippen LogP contribution in [0.25, 0.3) is 0 Å². The van der Waals surface area contributed by atoms with Gasteiger partial charge in [-0.1, -0.05) is 50.3 Å². The minimum atomic E-state index is -0.970. The average Bonchev–Trinajstić information content (AvgIpc) is 3.13. The van der Waals surface area contributed by atoms with E-state index in [1.165, 1.54) is 29.9 Å². The van der Waals surface area contributed by atoms with E-state index in [1.807, 2.05) is 12.2 Å². The van der Waals surface area contributed by atoms with Crippen LogP contribution < -0.4 is 0 Å². The van der Waals surface area contributed by atoms with E-state index in [4.69, 9.17) is 14.2 Å². The molecule has 2 heterocycles. The fraction of sp³-hybridized carbons (Fsp3) is 0.478. The quantitative estimate of drug-likeness (QED) is 0.676. The molecule has 7 nitrogen and oxygen atoms in total. The number of hydrogen-bond acceptors (Lipinski definition) is 5. The van der Waals surface area contributed by atoms with Crippen molar-refractivity contribution in [1.82, 2.24) is 4.90 Å². The van der Waals surface area contributed by atoms with Crippen LogP contribution in [-0.4, -0.2) is 34.5 Å². The molecule has 2 aliphatic carbocycles. The minimum absolute atomic E-state index is 0.107. The number of carbonyl (C=O) groups excluding carboxylic acids is 1. The van der Waals surface area contributed by atoms with Crippen LogP contribution in [-0.2, 0) is 23.8 Å². The number of hydrogen-bond donors (Lipinski definition) is 1.